The predicted molar refractivity (Wildman–Crippen MR) is 272 cm³/mol. The average molecular weight is 1080 g/mol. The summed E-state index contributed by atoms with van der Waals surface area (Å²) in [6.45, 7) is -0.557. The number of carbonyl (C=O) groups excluding carboxylic acids is 5. The third-order valence-corrected chi connectivity index (χ3v) is 12.5. The summed E-state index contributed by atoms with van der Waals surface area (Å²) < 4.78 is 50.9. The first-order chi connectivity index (χ1) is 33.9. The van der Waals surface area contributed by atoms with E-state index >= 15 is 0 Å². The van der Waals surface area contributed by atoms with Crippen LogP contribution in [0.25, 0.3) is 43.1 Å². The summed E-state index contributed by atoms with van der Waals surface area (Å²) in [4.78, 5) is 64.6. The first-order valence-electron chi connectivity index (χ1n) is 21.7. The van der Waals surface area contributed by atoms with Gasteiger partial charge in [-0.15, -0.1) is 0 Å². The number of hydrogen-bond donors (Lipinski definition) is 0. The normalized spacial score (nSPS) is 13.8. The zero-order valence-corrected chi connectivity index (χ0v) is 40.4. The highest BCUT2D eigenvalue weighted by atomic mass is 79.9. The number of carbonyl (C=O) groups is 5. The molecule has 70 heavy (non-hydrogen) atoms. The summed E-state index contributed by atoms with van der Waals surface area (Å²) in [5, 5.41) is 10.7. The molecule has 8 rings (SSSR count). The molecular formula is C55H43Br2F2NO10. The van der Waals surface area contributed by atoms with Crippen LogP contribution in [0, 0.1) is 0 Å². The van der Waals surface area contributed by atoms with Gasteiger partial charge in [-0.3, -0.25) is 4.79 Å². The van der Waals surface area contributed by atoms with Crippen LogP contribution in [0.15, 0.2) is 175 Å². The molecule has 0 saturated heterocycles. The van der Waals surface area contributed by atoms with Crippen LogP contribution in [0.5, 0.6) is 0 Å². The third-order valence-electron chi connectivity index (χ3n) is 11.0. The first kappa shape index (κ1) is 50.5. The molecule has 0 heterocycles. The van der Waals surface area contributed by atoms with E-state index in [1.54, 1.807) is 66.7 Å². The fourth-order valence-electron chi connectivity index (χ4n) is 7.27. The summed E-state index contributed by atoms with van der Waals surface area (Å²) in [6.07, 6.45) is -5.81. The van der Waals surface area contributed by atoms with Crippen molar-refractivity contribution in [3.8, 4) is 0 Å². The van der Waals surface area contributed by atoms with E-state index in [9.17, 15) is 32.8 Å². The van der Waals surface area contributed by atoms with Crippen molar-refractivity contribution in [1.29, 1.82) is 0 Å². The Labute approximate surface area is 417 Å². The number of rotatable bonds is 17. The molecule has 0 fully saturated rings. The molecule has 0 unspecified atom stereocenters. The Morgan fingerprint density at radius 2 is 0.771 bits per heavy atom. The molecule has 0 spiro atoms. The largest absolute Gasteiger partial charge is 0.461 e. The van der Waals surface area contributed by atoms with E-state index in [0.717, 1.165) is 49.3 Å². The Hall–Kier alpha value is -7.36. The zero-order chi connectivity index (χ0) is 49.6. The van der Waals surface area contributed by atoms with Gasteiger partial charge in [0.05, 0.1) is 38.1 Å². The maximum absolute atomic E-state index is 15.0. The van der Waals surface area contributed by atoms with Gasteiger partial charge in [0, 0.05) is 0 Å². The van der Waals surface area contributed by atoms with Crippen LogP contribution < -0.4 is 0 Å². The Kier molecular flexibility index (Phi) is 17.5. The van der Waals surface area contributed by atoms with Gasteiger partial charge in [0.15, 0.2) is 30.8 Å². The maximum atomic E-state index is 15.0. The Balaban J connectivity index is 0.000000207. The minimum atomic E-state index is -2.10. The second-order valence-corrected chi connectivity index (χ2v) is 18.0. The van der Waals surface area contributed by atoms with Crippen molar-refractivity contribution in [1.82, 2.24) is 0 Å². The summed E-state index contributed by atoms with van der Waals surface area (Å²) in [7, 11) is 1.27. The highest BCUT2D eigenvalue weighted by molar-refractivity contribution is 9.09. The van der Waals surface area contributed by atoms with Crippen molar-refractivity contribution in [2.24, 2.45) is 5.16 Å². The topological polar surface area (TPSA) is 144 Å². The molecule has 356 valence electrons. The van der Waals surface area contributed by atoms with Gasteiger partial charge in [0.1, 0.15) is 20.3 Å². The first-order valence-corrected chi connectivity index (χ1v) is 23.5. The molecule has 0 aliphatic rings. The molecule has 0 radical (unpaired) electrons. The highest BCUT2D eigenvalue weighted by Crippen LogP contribution is 2.25. The quantitative estimate of drug-likeness (QED) is 0.0216. The monoisotopic (exact) mass is 1070 g/mol. The maximum Gasteiger partial charge on any atom is 0.338 e. The number of benzene rings is 8. The van der Waals surface area contributed by atoms with Crippen LogP contribution in [-0.2, 0) is 28.6 Å². The van der Waals surface area contributed by atoms with Gasteiger partial charge >= 0.3 is 23.9 Å². The van der Waals surface area contributed by atoms with Crippen LogP contribution in [0.1, 0.15) is 41.4 Å². The van der Waals surface area contributed by atoms with E-state index in [2.05, 4.69) is 41.9 Å². The van der Waals surface area contributed by atoms with Crippen molar-refractivity contribution in [2.45, 2.75) is 34.2 Å². The van der Waals surface area contributed by atoms with Crippen molar-refractivity contribution >= 4 is 111 Å². The zero-order valence-electron chi connectivity index (χ0n) is 37.2. The number of aldehydes is 1. The molecular weight excluding hydrogens is 1030 g/mol. The van der Waals surface area contributed by atoms with Gasteiger partial charge in [-0.05, 0) is 91.6 Å². The third kappa shape index (κ3) is 13.0. The summed E-state index contributed by atoms with van der Waals surface area (Å²) in [5.41, 5.74) is 1.17. The second-order valence-electron chi connectivity index (χ2n) is 15.7. The molecule has 0 aromatic heterocycles. The number of oxime groups is 1. The summed E-state index contributed by atoms with van der Waals surface area (Å²) in [5.74, 6) is -2.70. The summed E-state index contributed by atoms with van der Waals surface area (Å²) >= 11 is 6.54. The van der Waals surface area contributed by atoms with Gasteiger partial charge in [-0.1, -0.05) is 158 Å². The van der Waals surface area contributed by atoms with Crippen molar-refractivity contribution in [3.05, 3.63) is 192 Å². The Morgan fingerprint density at radius 3 is 1.09 bits per heavy atom. The molecule has 0 aliphatic heterocycles. The van der Waals surface area contributed by atoms with Crippen LogP contribution in [0.3, 0.4) is 0 Å². The number of halogens is 4. The van der Waals surface area contributed by atoms with Crippen LogP contribution in [0.4, 0.5) is 8.78 Å². The van der Waals surface area contributed by atoms with E-state index in [1.807, 2.05) is 103 Å². The smallest absolute Gasteiger partial charge is 0.338 e. The Bertz CT molecular complexity index is 3190. The van der Waals surface area contributed by atoms with Gasteiger partial charge in [0.2, 0.25) is 0 Å². The van der Waals surface area contributed by atoms with E-state index in [0.29, 0.717) is 11.1 Å². The molecule has 0 saturated carbocycles. The molecule has 11 nitrogen and oxygen atoms in total. The number of hydrogen-bond acceptors (Lipinski definition) is 11. The number of alkyl halides is 4. The average Bonchev–Trinajstić information content (AvgIpc) is 3.40. The van der Waals surface area contributed by atoms with Gasteiger partial charge < -0.3 is 23.8 Å². The fourth-order valence-corrected chi connectivity index (χ4v) is 8.34. The van der Waals surface area contributed by atoms with Crippen molar-refractivity contribution in [3.63, 3.8) is 0 Å². The molecule has 0 N–H and O–H groups in total. The van der Waals surface area contributed by atoms with E-state index < -0.39 is 58.1 Å². The van der Waals surface area contributed by atoms with Gasteiger partial charge in [0.25, 0.3) is 0 Å². The highest BCUT2D eigenvalue weighted by Gasteiger charge is 2.34. The van der Waals surface area contributed by atoms with Crippen LogP contribution in [-0.4, -0.2) is 90.9 Å². The van der Waals surface area contributed by atoms with Crippen molar-refractivity contribution in [2.75, 3.05) is 20.3 Å². The molecule has 0 amide bonds. The molecule has 15 heteroatoms. The molecule has 8 aromatic rings. The lowest BCUT2D eigenvalue weighted by Gasteiger charge is -2.24. The lowest BCUT2D eigenvalue weighted by atomic mass is 10.1. The predicted octanol–water partition coefficient (Wildman–Crippen LogP) is 11.8. The lowest BCUT2D eigenvalue weighted by molar-refractivity contribution is -0.115. The van der Waals surface area contributed by atoms with E-state index in [4.69, 9.17) is 18.9 Å². The van der Waals surface area contributed by atoms with Gasteiger partial charge in [-0.25, -0.2) is 28.0 Å². The molecule has 0 bridgehead atoms. The fraction of sp³-hybridized carbons (Fsp3) is 0.164. The minimum absolute atomic E-state index is 0.0533. The number of ether oxygens (including phenoxy) is 4. The SMILES string of the molecule is CON=C[C@@H](F)[C@H](OC(=O)c1ccc2ccccc2c1)[C@@H](Br)COC(=O)c1ccc2ccccc2c1.O=C[C@@H](F)[C@H](OC(=O)c1ccc2ccccc2c1)[C@@H](Br)COC(=O)c1ccc2ccccc2c1. The van der Waals surface area contributed by atoms with Crippen LogP contribution >= 0.6 is 31.9 Å². The standard InChI is InChI=1S/C28H23BrFNO5.C27H20BrFO5/c1-34-31-16-25(30)26(36-28(33)23-13-11-19-7-3-5-9-21(19)15-23)24(29)17-35-27(32)22-12-10-18-6-2-4-8-20(18)14-22;28-23(16-33-26(31)21-11-9-17-5-1-3-7-19(17)13-21)25(24(29)15-30)34-27(32)22-12-10-18-6-2-4-8-20(18)14-22/h2-16,24-26H,17H2,1H3;1-15,23-25H,16H2/t24-,25+,26+;23-,24+,25+/m00/s1. The lowest BCUT2D eigenvalue weighted by Crippen LogP contribution is -2.39. The second kappa shape index (κ2) is 24.3. The molecule has 6 atom stereocenters. The van der Waals surface area contributed by atoms with Gasteiger partial charge in [-0.2, -0.15) is 0 Å². The molecule has 8 aromatic carbocycles. The van der Waals surface area contributed by atoms with E-state index in [1.165, 1.54) is 7.11 Å². The van der Waals surface area contributed by atoms with Crippen molar-refractivity contribution < 1.29 is 56.5 Å². The number of fused-ring (bicyclic) bond motifs is 4. The molecule has 0 aliphatic carbocycles. The van der Waals surface area contributed by atoms with Crippen LogP contribution in [0.2, 0.25) is 0 Å². The van der Waals surface area contributed by atoms with E-state index in [-0.39, 0.29) is 30.6 Å². The minimum Gasteiger partial charge on any atom is -0.461 e. The Morgan fingerprint density at radius 1 is 0.471 bits per heavy atom. The number of esters is 4. The number of nitrogens with zero attached hydrogens (tertiary/aromatic N) is 1. The summed E-state index contributed by atoms with van der Waals surface area (Å²) in [6, 6.07) is 50.5.